The van der Waals surface area contributed by atoms with Gasteiger partial charge in [-0.15, -0.1) is 0 Å². The van der Waals surface area contributed by atoms with Crippen LogP contribution in [0.2, 0.25) is 0 Å². The van der Waals surface area contributed by atoms with E-state index in [1.54, 1.807) is 0 Å². The van der Waals surface area contributed by atoms with E-state index in [4.69, 9.17) is 0 Å². The molecule has 0 spiro atoms. The van der Waals surface area contributed by atoms with E-state index in [0.717, 1.165) is 25.7 Å². The van der Waals surface area contributed by atoms with Crippen LogP contribution in [0.15, 0.2) is 84.9 Å². The molecule has 0 atom stereocenters. The van der Waals surface area contributed by atoms with Gasteiger partial charge in [-0.2, -0.15) is 0 Å². The molecular formula is C28H28. The van der Waals surface area contributed by atoms with Crippen LogP contribution in [0, 0.1) is 0 Å². The second-order valence-electron chi connectivity index (χ2n) is 7.53. The number of fused-ring (bicyclic) bond motifs is 1. The number of benzene rings is 4. The molecule has 0 heterocycles. The van der Waals surface area contributed by atoms with Crippen LogP contribution in [0.3, 0.4) is 0 Å². The summed E-state index contributed by atoms with van der Waals surface area (Å²) in [5.74, 6) is 0. The Morgan fingerprint density at radius 2 is 1.00 bits per heavy atom. The highest BCUT2D eigenvalue weighted by Crippen LogP contribution is 2.31. The Morgan fingerprint density at radius 3 is 1.57 bits per heavy atom. The van der Waals surface area contributed by atoms with Crippen molar-refractivity contribution in [2.24, 2.45) is 0 Å². The fourth-order valence-corrected chi connectivity index (χ4v) is 4.36. The third-order valence-electron chi connectivity index (χ3n) is 5.81. The molecule has 0 aliphatic heterocycles. The third-order valence-corrected chi connectivity index (χ3v) is 5.81. The molecule has 4 aromatic carbocycles. The summed E-state index contributed by atoms with van der Waals surface area (Å²) >= 11 is 0. The van der Waals surface area contributed by atoms with Crippen molar-refractivity contribution in [3.05, 3.63) is 118 Å². The van der Waals surface area contributed by atoms with Gasteiger partial charge in [0.05, 0.1) is 0 Å². The lowest BCUT2D eigenvalue weighted by atomic mass is 9.87. The van der Waals surface area contributed by atoms with Crippen molar-refractivity contribution in [1.82, 2.24) is 0 Å². The highest BCUT2D eigenvalue weighted by molar-refractivity contribution is 5.91. The average Bonchev–Trinajstić information content (AvgIpc) is 2.75. The molecule has 4 aromatic rings. The molecule has 0 radical (unpaired) electrons. The summed E-state index contributed by atoms with van der Waals surface area (Å²) in [6.07, 6.45) is 4.15. The monoisotopic (exact) mass is 364 g/mol. The number of aryl methyl sites for hydroxylation is 2. The normalized spacial score (nSPS) is 11.1. The molecule has 0 aliphatic carbocycles. The molecule has 0 unspecified atom stereocenters. The first-order chi connectivity index (χ1) is 13.8. The molecule has 0 aromatic heterocycles. The minimum atomic E-state index is 0.981. The van der Waals surface area contributed by atoms with Crippen molar-refractivity contribution in [3.63, 3.8) is 0 Å². The molecule has 28 heavy (non-hydrogen) atoms. The minimum absolute atomic E-state index is 0.981. The Balaban J connectivity index is 1.89. The summed E-state index contributed by atoms with van der Waals surface area (Å²) in [6.45, 7) is 4.54. The van der Waals surface area contributed by atoms with Crippen molar-refractivity contribution in [2.45, 2.75) is 39.5 Å². The molecule has 0 heteroatoms. The van der Waals surface area contributed by atoms with Gasteiger partial charge in [0.2, 0.25) is 0 Å². The summed E-state index contributed by atoms with van der Waals surface area (Å²) in [5.41, 5.74) is 8.66. The van der Waals surface area contributed by atoms with Crippen molar-refractivity contribution >= 4 is 10.8 Å². The van der Waals surface area contributed by atoms with Crippen LogP contribution in [-0.4, -0.2) is 0 Å². The van der Waals surface area contributed by atoms with E-state index in [1.165, 1.54) is 44.2 Å². The molecule has 0 amide bonds. The molecule has 0 fully saturated rings. The van der Waals surface area contributed by atoms with Gasteiger partial charge < -0.3 is 0 Å². The fourth-order valence-electron chi connectivity index (χ4n) is 4.36. The van der Waals surface area contributed by atoms with E-state index in [2.05, 4.69) is 98.8 Å². The smallest absolute Gasteiger partial charge is 0.00168 e. The van der Waals surface area contributed by atoms with Gasteiger partial charge in [-0.1, -0.05) is 98.8 Å². The third kappa shape index (κ3) is 3.73. The van der Waals surface area contributed by atoms with Gasteiger partial charge in [0.1, 0.15) is 0 Å². The lowest BCUT2D eigenvalue weighted by Gasteiger charge is -2.18. The molecule has 4 rings (SSSR count). The lowest BCUT2D eigenvalue weighted by molar-refractivity contribution is 1.05. The van der Waals surface area contributed by atoms with Gasteiger partial charge in [-0.3, -0.25) is 0 Å². The van der Waals surface area contributed by atoms with E-state index in [9.17, 15) is 0 Å². The van der Waals surface area contributed by atoms with Crippen molar-refractivity contribution in [3.8, 4) is 0 Å². The first-order valence-corrected chi connectivity index (χ1v) is 10.4. The Bertz CT molecular complexity index is 1060. The van der Waals surface area contributed by atoms with E-state index in [-0.39, 0.29) is 0 Å². The van der Waals surface area contributed by atoms with Crippen molar-refractivity contribution in [1.29, 1.82) is 0 Å². The number of hydrogen-bond acceptors (Lipinski definition) is 0. The van der Waals surface area contributed by atoms with Crippen molar-refractivity contribution < 1.29 is 0 Å². The standard InChI is InChI=1S/C28H28/c1-3-23-15-17-27-26(25(23)4-2)18-16-24(19-21-11-7-5-8-12-21)28(27)20-22-13-9-6-10-14-22/h5-18H,3-4,19-20H2,1-2H3. The van der Waals surface area contributed by atoms with E-state index < -0.39 is 0 Å². The average molecular weight is 365 g/mol. The summed E-state index contributed by atoms with van der Waals surface area (Å²) < 4.78 is 0. The SMILES string of the molecule is CCc1ccc2c(Cc3ccccc3)c(Cc3ccccc3)ccc2c1CC. The van der Waals surface area contributed by atoms with Crippen LogP contribution in [0.25, 0.3) is 10.8 Å². The quantitative estimate of drug-likeness (QED) is 0.341. The molecule has 0 aliphatic rings. The zero-order chi connectivity index (χ0) is 19.3. The maximum atomic E-state index is 2.37. The Morgan fingerprint density at radius 1 is 0.464 bits per heavy atom. The van der Waals surface area contributed by atoms with Gasteiger partial charge in [0.25, 0.3) is 0 Å². The van der Waals surface area contributed by atoms with Gasteiger partial charge in [0.15, 0.2) is 0 Å². The highest BCUT2D eigenvalue weighted by Gasteiger charge is 2.13. The summed E-state index contributed by atoms with van der Waals surface area (Å²) in [6, 6.07) is 31.1. The maximum absolute atomic E-state index is 2.37. The molecule has 0 N–H and O–H groups in total. The zero-order valence-corrected chi connectivity index (χ0v) is 16.9. The first kappa shape index (κ1) is 18.5. The largest absolute Gasteiger partial charge is 0.0622 e. The van der Waals surface area contributed by atoms with Crippen LogP contribution >= 0.6 is 0 Å². The van der Waals surface area contributed by atoms with Crippen LogP contribution < -0.4 is 0 Å². The molecule has 0 bridgehead atoms. The van der Waals surface area contributed by atoms with Gasteiger partial charge in [-0.25, -0.2) is 0 Å². The van der Waals surface area contributed by atoms with Gasteiger partial charge in [0, 0.05) is 0 Å². The van der Waals surface area contributed by atoms with Crippen LogP contribution in [-0.2, 0) is 25.7 Å². The number of rotatable bonds is 6. The van der Waals surface area contributed by atoms with E-state index >= 15 is 0 Å². The summed E-state index contributed by atoms with van der Waals surface area (Å²) in [7, 11) is 0. The highest BCUT2D eigenvalue weighted by atomic mass is 14.2. The van der Waals surface area contributed by atoms with Crippen molar-refractivity contribution in [2.75, 3.05) is 0 Å². The second-order valence-corrected chi connectivity index (χ2v) is 7.53. The predicted octanol–water partition coefficient (Wildman–Crippen LogP) is 7.15. The molecule has 140 valence electrons. The second kappa shape index (κ2) is 8.44. The van der Waals surface area contributed by atoms with Gasteiger partial charge in [-0.05, 0) is 69.8 Å². The fraction of sp³-hybridized carbons (Fsp3) is 0.214. The molecule has 0 nitrogen and oxygen atoms in total. The summed E-state index contributed by atoms with van der Waals surface area (Å²) in [4.78, 5) is 0. The van der Waals surface area contributed by atoms with Crippen LogP contribution in [0.1, 0.15) is 47.2 Å². The van der Waals surface area contributed by atoms with E-state index in [1.807, 2.05) is 0 Å². The Hall–Kier alpha value is -2.86. The van der Waals surface area contributed by atoms with Gasteiger partial charge >= 0.3 is 0 Å². The topological polar surface area (TPSA) is 0 Å². The minimum Gasteiger partial charge on any atom is -0.0622 e. The maximum Gasteiger partial charge on any atom is -0.00168 e. The predicted molar refractivity (Wildman–Crippen MR) is 121 cm³/mol. The Kier molecular flexibility index (Phi) is 5.58. The number of hydrogen-bond donors (Lipinski definition) is 0. The first-order valence-electron chi connectivity index (χ1n) is 10.4. The van der Waals surface area contributed by atoms with Crippen LogP contribution in [0.4, 0.5) is 0 Å². The summed E-state index contributed by atoms with van der Waals surface area (Å²) in [5, 5.41) is 2.86. The molecular weight excluding hydrogens is 336 g/mol. The molecule has 0 saturated carbocycles. The van der Waals surface area contributed by atoms with Crippen LogP contribution in [0.5, 0.6) is 0 Å². The Labute approximate surface area is 168 Å². The zero-order valence-electron chi connectivity index (χ0n) is 16.9. The van der Waals surface area contributed by atoms with E-state index in [0.29, 0.717) is 0 Å². The molecule has 0 saturated heterocycles. The lowest BCUT2D eigenvalue weighted by Crippen LogP contribution is -2.01.